The average molecular weight is 417 g/mol. The monoisotopic (exact) mass is 416 g/mol. The van der Waals surface area contributed by atoms with Crippen molar-refractivity contribution in [3.05, 3.63) is 65.7 Å². The van der Waals surface area contributed by atoms with Crippen LogP contribution < -0.4 is 10.5 Å². The lowest BCUT2D eigenvalue weighted by atomic mass is 10.0. The highest BCUT2D eigenvalue weighted by atomic mass is 35.5. The minimum Gasteiger partial charge on any atom is -0.492 e. The van der Waals surface area contributed by atoms with Gasteiger partial charge in [0.25, 0.3) is 0 Å². The van der Waals surface area contributed by atoms with Gasteiger partial charge in [0.2, 0.25) is 5.91 Å². The Morgan fingerprint density at radius 3 is 2.62 bits per heavy atom. The van der Waals surface area contributed by atoms with E-state index in [0.29, 0.717) is 38.6 Å². The quantitative estimate of drug-likeness (QED) is 0.751. The fourth-order valence-electron chi connectivity index (χ4n) is 3.78. The second kappa shape index (κ2) is 10.1. The summed E-state index contributed by atoms with van der Waals surface area (Å²) in [5, 5.41) is 0. The summed E-state index contributed by atoms with van der Waals surface area (Å²) in [7, 11) is 0. The van der Waals surface area contributed by atoms with Crippen LogP contribution in [0.25, 0.3) is 0 Å². The molecule has 2 aliphatic rings. The topological polar surface area (TPSA) is 64.8 Å². The first-order chi connectivity index (χ1) is 13.7. The Balaban J connectivity index is 0.00000240. The SMILES string of the molecule is Cl.NCCOc1cccc(CC(=O)N2C[C@@H](c3ccccc3)O[C@@H](C3CC3)C2)c1. The highest BCUT2D eigenvalue weighted by molar-refractivity contribution is 5.85. The molecular formula is C23H29ClN2O3. The molecule has 1 heterocycles. The van der Waals surface area contributed by atoms with E-state index >= 15 is 0 Å². The molecule has 6 heteroatoms. The van der Waals surface area contributed by atoms with Gasteiger partial charge in [0, 0.05) is 13.1 Å². The summed E-state index contributed by atoms with van der Waals surface area (Å²) in [6, 6.07) is 18.0. The summed E-state index contributed by atoms with van der Waals surface area (Å²) >= 11 is 0. The van der Waals surface area contributed by atoms with E-state index in [2.05, 4.69) is 12.1 Å². The Kier molecular flexibility index (Phi) is 7.53. The third-order valence-electron chi connectivity index (χ3n) is 5.44. The normalized spacial score (nSPS) is 21.3. The van der Waals surface area contributed by atoms with E-state index in [0.717, 1.165) is 16.9 Å². The number of amides is 1. The van der Waals surface area contributed by atoms with Gasteiger partial charge in [-0.05, 0) is 42.0 Å². The number of ether oxygens (including phenoxy) is 2. The van der Waals surface area contributed by atoms with Crippen LogP contribution in [-0.2, 0) is 16.0 Å². The van der Waals surface area contributed by atoms with Crippen LogP contribution >= 0.6 is 12.4 Å². The Hall–Kier alpha value is -2.08. The molecule has 0 radical (unpaired) electrons. The minimum atomic E-state index is -0.0521. The molecule has 5 nitrogen and oxygen atoms in total. The molecule has 1 saturated heterocycles. The number of carbonyl (C=O) groups excluding carboxylic acids is 1. The van der Waals surface area contributed by atoms with Gasteiger partial charge in [-0.2, -0.15) is 0 Å². The third kappa shape index (κ3) is 5.72. The Morgan fingerprint density at radius 2 is 1.90 bits per heavy atom. The van der Waals surface area contributed by atoms with E-state index in [1.807, 2.05) is 47.4 Å². The Bertz CT molecular complexity index is 798. The van der Waals surface area contributed by atoms with Gasteiger partial charge < -0.3 is 20.1 Å². The molecule has 2 aromatic rings. The fraction of sp³-hybridized carbons (Fsp3) is 0.435. The van der Waals surface area contributed by atoms with Crippen LogP contribution in [-0.4, -0.2) is 43.2 Å². The Labute approximate surface area is 178 Å². The van der Waals surface area contributed by atoms with Crippen molar-refractivity contribution in [3.8, 4) is 5.75 Å². The molecule has 0 spiro atoms. The van der Waals surface area contributed by atoms with Gasteiger partial charge in [-0.1, -0.05) is 42.5 Å². The summed E-state index contributed by atoms with van der Waals surface area (Å²) < 4.78 is 11.9. The number of nitrogens with zero attached hydrogens (tertiary/aromatic N) is 1. The smallest absolute Gasteiger partial charge is 0.227 e. The molecule has 4 rings (SSSR count). The third-order valence-corrected chi connectivity index (χ3v) is 5.44. The first-order valence-corrected chi connectivity index (χ1v) is 10.1. The molecular weight excluding hydrogens is 388 g/mol. The molecule has 0 unspecified atom stereocenters. The maximum atomic E-state index is 13.1. The van der Waals surface area contributed by atoms with E-state index < -0.39 is 0 Å². The summed E-state index contributed by atoms with van der Waals surface area (Å²) in [5.74, 6) is 1.50. The number of morpholine rings is 1. The first kappa shape index (κ1) is 21.6. The van der Waals surface area contributed by atoms with E-state index in [1.165, 1.54) is 12.8 Å². The number of halogens is 1. The number of nitrogens with two attached hydrogens (primary N) is 1. The highest BCUT2D eigenvalue weighted by Gasteiger charge is 2.40. The Morgan fingerprint density at radius 1 is 1.10 bits per heavy atom. The van der Waals surface area contributed by atoms with Crippen molar-refractivity contribution < 1.29 is 14.3 Å². The van der Waals surface area contributed by atoms with Gasteiger partial charge in [0.05, 0.1) is 19.1 Å². The van der Waals surface area contributed by atoms with Gasteiger partial charge in [-0.25, -0.2) is 0 Å². The molecule has 156 valence electrons. The zero-order chi connectivity index (χ0) is 19.3. The fourth-order valence-corrected chi connectivity index (χ4v) is 3.78. The number of hydrogen-bond donors (Lipinski definition) is 1. The van der Waals surface area contributed by atoms with Crippen molar-refractivity contribution in [3.63, 3.8) is 0 Å². The number of hydrogen-bond acceptors (Lipinski definition) is 4. The molecule has 1 saturated carbocycles. The van der Waals surface area contributed by atoms with Crippen molar-refractivity contribution in [2.75, 3.05) is 26.2 Å². The van der Waals surface area contributed by atoms with Crippen LogP contribution in [0, 0.1) is 5.92 Å². The minimum absolute atomic E-state index is 0. The zero-order valence-electron chi connectivity index (χ0n) is 16.5. The van der Waals surface area contributed by atoms with Crippen LogP contribution in [0.15, 0.2) is 54.6 Å². The van der Waals surface area contributed by atoms with E-state index in [4.69, 9.17) is 15.2 Å². The molecule has 1 aliphatic heterocycles. The lowest BCUT2D eigenvalue weighted by molar-refractivity contribution is -0.147. The van der Waals surface area contributed by atoms with Gasteiger partial charge in [-0.3, -0.25) is 4.79 Å². The van der Waals surface area contributed by atoms with Crippen LogP contribution in [0.3, 0.4) is 0 Å². The van der Waals surface area contributed by atoms with Crippen molar-refractivity contribution >= 4 is 18.3 Å². The lowest BCUT2D eigenvalue weighted by Gasteiger charge is -2.38. The molecule has 2 N–H and O–H groups in total. The summed E-state index contributed by atoms with van der Waals surface area (Å²) in [5.41, 5.74) is 7.60. The largest absolute Gasteiger partial charge is 0.492 e. The molecule has 2 fully saturated rings. The summed E-state index contributed by atoms with van der Waals surface area (Å²) in [4.78, 5) is 15.1. The lowest BCUT2D eigenvalue weighted by Crippen LogP contribution is -2.48. The molecule has 29 heavy (non-hydrogen) atoms. The van der Waals surface area contributed by atoms with Gasteiger partial charge in [0.15, 0.2) is 0 Å². The number of rotatable bonds is 7. The van der Waals surface area contributed by atoms with Crippen LogP contribution in [0.4, 0.5) is 0 Å². The first-order valence-electron chi connectivity index (χ1n) is 10.1. The molecule has 2 aromatic carbocycles. The summed E-state index contributed by atoms with van der Waals surface area (Å²) in [6.07, 6.45) is 2.87. The van der Waals surface area contributed by atoms with Gasteiger partial charge in [-0.15, -0.1) is 12.4 Å². The van der Waals surface area contributed by atoms with Crippen LogP contribution in [0.1, 0.15) is 30.1 Å². The maximum absolute atomic E-state index is 13.1. The van der Waals surface area contributed by atoms with Crippen molar-refractivity contribution in [1.82, 2.24) is 4.90 Å². The van der Waals surface area contributed by atoms with Crippen LogP contribution in [0.5, 0.6) is 5.75 Å². The number of carbonyl (C=O) groups is 1. The van der Waals surface area contributed by atoms with Gasteiger partial charge in [0.1, 0.15) is 18.5 Å². The molecule has 0 bridgehead atoms. The van der Waals surface area contributed by atoms with E-state index in [9.17, 15) is 4.79 Å². The standard InChI is InChI=1S/C23H28N2O3.ClH/c24-11-12-27-20-8-4-5-17(13-20)14-23(26)25-15-21(18-6-2-1-3-7-18)28-22(16-25)19-9-10-19;/h1-8,13,19,21-22H,9-12,14-16,24H2;1H/t21-,22+;/m0./s1. The van der Waals surface area contributed by atoms with Crippen molar-refractivity contribution in [2.24, 2.45) is 11.7 Å². The second-order valence-electron chi connectivity index (χ2n) is 7.67. The molecule has 1 amide bonds. The zero-order valence-corrected chi connectivity index (χ0v) is 17.4. The molecule has 0 aromatic heterocycles. The van der Waals surface area contributed by atoms with Gasteiger partial charge >= 0.3 is 0 Å². The molecule has 1 aliphatic carbocycles. The van der Waals surface area contributed by atoms with Crippen molar-refractivity contribution in [1.29, 1.82) is 0 Å². The van der Waals surface area contributed by atoms with Crippen LogP contribution in [0.2, 0.25) is 0 Å². The average Bonchev–Trinajstić information content (AvgIpc) is 3.58. The number of benzene rings is 2. The maximum Gasteiger partial charge on any atom is 0.227 e. The predicted octanol–water partition coefficient (Wildman–Crippen LogP) is 3.37. The molecule has 2 atom stereocenters. The highest BCUT2D eigenvalue weighted by Crippen LogP contribution is 2.39. The van der Waals surface area contributed by atoms with E-state index in [1.54, 1.807) is 0 Å². The predicted molar refractivity (Wildman–Crippen MR) is 115 cm³/mol. The summed E-state index contributed by atoms with van der Waals surface area (Å²) in [6.45, 7) is 2.24. The second-order valence-corrected chi connectivity index (χ2v) is 7.67. The van der Waals surface area contributed by atoms with Crippen molar-refractivity contribution in [2.45, 2.75) is 31.5 Å². The van der Waals surface area contributed by atoms with E-state index in [-0.39, 0.29) is 30.5 Å².